The average molecular weight is 362 g/mol. The third kappa shape index (κ3) is 4.73. The highest BCUT2D eigenvalue weighted by atomic mass is 79.9. The normalized spacial score (nSPS) is 20.5. The minimum Gasteiger partial charge on any atom is -0.378 e. The molecular formula is C16H22BrF2NO. The fourth-order valence-electron chi connectivity index (χ4n) is 2.77. The van der Waals surface area contributed by atoms with Gasteiger partial charge in [-0.05, 0) is 73.6 Å². The lowest BCUT2D eigenvalue weighted by Crippen LogP contribution is -2.30. The molecule has 1 aromatic rings. The summed E-state index contributed by atoms with van der Waals surface area (Å²) in [6, 6.07) is 2.76. The van der Waals surface area contributed by atoms with Crippen LogP contribution in [0.4, 0.5) is 8.78 Å². The zero-order valence-electron chi connectivity index (χ0n) is 12.3. The van der Waals surface area contributed by atoms with Gasteiger partial charge in [0.05, 0.1) is 10.6 Å². The van der Waals surface area contributed by atoms with Gasteiger partial charge in [-0.15, -0.1) is 0 Å². The molecule has 1 aliphatic rings. The molecule has 2 nitrogen and oxygen atoms in total. The van der Waals surface area contributed by atoms with Crippen molar-refractivity contribution in [2.24, 2.45) is 0 Å². The van der Waals surface area contributed by atoms with Crippen molar-refractivity contribution < 1.29 is 13.5 Å². The molecule has 2 rings (SSSR count). The number of nitrogens with one attached hydrogen (secondary N) is 1. The van der Waals surface area contributed by atoms with Crippen LogP contribution in [0.25, 0.3) is 0 Å². The molecule has 1 heterocycles. The Bertz CT molecular complexity index is 464. The Morgan fingerprint density at radius 2 is 2.19 bits per heavy atom. The van der Waals surface area contributed by atoms with Crippen LogP contribution in [-0.4, -0.2) is 25.8 Å². The molecule has 5 heteroatoms. The van der Waals surface area contributed by atoms with Crippen molar-refractivity contribution in [1.29, 1.82) is 0 Å². The van der Waals surface area contributed by atoms with Crippen molar-refractivity contribution in [3.05, 3.63) is 33.8 Å². The van der Waals surface area contributed by atoms with E-state index in [1.165, 1.54) is 18.6 Å². The summed E-state index contributed by atoms with van der Waals surface area (Å²) in [5.74, 6) is -0.978. The Balaban J connectivity index is 1.94. The second kappa shape index (κ2) is 8.20. The van der Waals surface area contributed by atoms with E-state index in [0.717, 1.165) is 32.3 Å². The van der Waals surface area contributed by atoms with Gasteiger partial charge in [0.1, 0.15) is 11.6 Å². The molecule has 1 saturated heterocycles. The van der Waals surface area contributed by atoms with Gasteiger partial charge >= 0.3 is 0 Å². The summed E-state index contributed by atoms with van der Waals surface area (Å²) in [7, 11) is 1.83. The van der Waals surface area contributed by atoms with Crippen molar-refractivity contribution in [3.63, 3.8) is 0 Å². The van der Waals surface area contributed by atoms with Gasteiger partial charge in [-0.3, -0.25) is 0 Å². The van der Waals surface area contributed by atoms with Gasteiger partial charge in [0.25, 0.3) is 0 Å². The number of benzene rings is 1. The molecule has 1 aliphatic heterocycles. The summed E-state index contributed by atoms with van der Waals surface area (Å²) in [5.41, 5.74) is 0.147. The molecule has 1 fully saturated rings. The highest BCUT2D eigenvalue weighted by molar-refractivity contribution is 9.10. The number of hydrogen-bond donors (Lipinski definition) is 1. The Kier molecular flexibility index (Phi) is 6.58. The van der Waals surface area contributed by atoms with Crippen LogP contribution in [0.1, 0.15) is 37.7 Å². The fourth-order valence-corrected chi connectivity index (χ4v) is 3.14. The molecule has 2 unspecified atom stereocenters. The van der Waals surface area contributed by atoms with Crippen LogP contribution >= 0.6 is 15.9 Å². The zero-order valence-corrected chi connectivity index (χ0v) is 13.9. The fraction of sp³-hybridized carbons (Fsp3) is 0.625. The Labute approximate surface area is 133 Å². The van der Waals surface area contributed by atoms with Crippen molar-refractivity contribution in [2.75, 3.05) is 13.7 Å². The van der Waals surface area contributed by atoms with Crippen LogP contribution in [0.15, 0.2) is 16.6 Å². The molecule has 0 bridgehead atoms. The van der Waals surface area contributed by atoms with Gasteiger partial charge in [0, 0.05) is 18.2 Å². The monoisotopic (exact) mass is 361 g/mol. The minimum atomic E-state index is -0.496. The molecule has 118 valence electrons. The molecule has 21 heavy (non-hydrogen) atoms. The average Bonchev–Trinajstić information content (AvgIpc) is 2.51. The van der Waals surface area contributed by atoms with E-state index in [9.17, 15) is 8.78 Å². The molecule has 0 saturated carbocycles. The number of likely N-dealkylation sites (N-methyl/N-ethyl adjacent to an activating group) is 1. The van der Waals surface area contributed by atoms with E-state index >= 15 is 0 Å². The highest BCUT2D eigenvalue weighted by Crippen LogP contribution is 2.24. The minimum absolute atomic E-state index is 0.0498. The molecule has 2 atom stereocenters. The van der Waals surface area contributed by atoms with Gasteiger partial charge in [0.2, 0.25) is 0 Å². The molecule has 1 N–H and O–H groups in total. The van der Waals surface area contributed by atoms with Crippen molar-refractivity contribution in [2.45, 2.75) is 50.7 Å². The first-order chi connectivity index (χ1) is 10.1. The first-order valence-electron chi connectivity index (χ1n) is 7.53. The molecule has 0 aliphatic carbocycles. The summed E-state index contributed by atoms with van der Waals surface area (Å²) >= 11 is 3.11. The second-order valence-corrected chi connectivity index (χ2v) is 6.43. The van der Waals surface area contributed by atoms with Crippen LogP contribution in [-0.2, 0) is 11.2 Å². The molecule has 0 aromatic heterocycles. The van der Waals surface area contributed by atoms with Crippen LogP contribution in [0.5, 0.6) is 0 Å². The maximum absolute atomic E-state index is 14.0. The topological polar surface area (TPSA) is 21.3 Å². The lowest BCUT2D eigenvalue weighted by molar-refractivity contribution is 0.00868. The van der Waals surface area contributed by atoms with Gasteiger partial charge in [-0.1, -0.05) is 0 Å². The summed E-state index contributed by atoms with van der Waals surface area (Å²) in [4.78, 5) is 0. The second-order valence-electron chi connectivity index (χ2n) is 5.58. The van der Waals surface area contributed by atoms with E-state index in [1.54, 1.807) is 0 Å². The molecule has 0 radical (unpaired) electrons. The highest BCUT2D eigenvalue weighted by Gasteiger charge is 2.19. The first-order valence-corrected chi connectivity index (χ1v) is 8.32. The molecular weight excluding hydrogens is 340 g/mol. The van der Waals surface area contributed by atoms with Crippen molar-refractivity contribution in [1.82, 2.24) is 5.32 Å². The predicted octanol–water partition coefficient (Wildman–Crippen LogP) is 4.21. The zero-order chi connectivity index (χ0) is 15.2. The Hall–Kier alpha value is -0.520. The van der Waals surface area contributed by atoms with E-state index in [0.29, 0.717) is 17.0 Å². The van der Waals surface area contributed by atoms with Crippen molar-refractivity contribution >= 4 is 15.9 Å². The van der Waals surface area contributed by atoms with Crippen LogP contribution in [0.3, 0.4) is 0 Å². The van der Waals surface area contributed by atoms with E-state index in [4.69, 9.17) is 4.74 Å². The van der Waals surface area contributed by atoms with E-state index in [-0.39, 0.29) is 11.6 Å². The summed E-state index contributed by atoms with van der Waals surface area (Å²) < 4.78 is 33.8. The molecule has 0 spiro atoms. The van der Waals surface area contributed by atoms with Gasteiger partial charge in [-0.2, -0.15) is 0 Å². The summed E-state index contributed by atoms with van der Waals surface area (Å²) in [6.45, 7) is 0.837. The third-order valence-corrected chi connectivity index (χ3v) is 4.72. The largest absolute Gasteiger partial charge is 0.378 e. The first kappa shape index (κ1) is 16.8. The number of hydrogen-bond acceptors (Lipinski definition) is 2. The van der Waals surface area contributed by atoms with Crippen LogP contribution in [0, 0.1) is 11.6 Å². The lowest BCUT2D eigenvalue weighted by atomic mass is 9.97. The third-order valence-electron chi connectivity index (χ3n) is 4.11. The number of ether oxygens (including phenoxy) is 1. The standard InChI is InChI=1S/C16H22BrF2NO/c1-20-11(5-6-12-4-2-3-9-21-12)10-13-15(18)8-7-14(17)16(13)19/h7-8,11-12,20H,2-6,9-10H2,1H3. The molecule has 0 amide bonds. The lowest BCUT2D eigenvalue weighted by Gasteiger charge is -2.25. The number of rotatable bonds is 6. The van der Waals surface area contributed by atoms with Crippen LogP contribution in [0.2, 0.25) is 0 Å². The summed E-state index contributed by atoms with van der Waals surface area (Å²) in [6.07, 6.45) is 5.88. The molecule has 1 aromatic carbocycles. The van der Waals surface area contributed by atoms with Gasteiger partial charge in [0.15, 0.2) is 0 Å². The van der Waals surface area contributed by atoms with Gasteiger partial charge < -0.3 is 10.1 Å². The van der Waals surface area contributed by atoms with Crippen LogP contribution < -0.4 is 5.32 Å². The smallest absolute Gasteiger partial charge is 0.143 e. The maximum Gasteiger partial charge on any atom is 0.143 e. The quantitative estimate of drug-likeness (QED) is 0.766. The predicted molar refractivity (Wildman–Crippen MR) is 83.4 cm³/mol. The van der Waals surface area contributed by atoms with Crippen molar-refractivity contribution in [3.8, 4) is 0 Å². The Morgan fingerprint density at radius 1 is 1.38 bits per heavy atom. The van der Waals surface area contributed by atoms with E-state index < -0.39 is 11.6 Å². The van der Waals surface area contributed by atoms with E-state index in [1.807, 2.05) is 7.05 Å². The SMILES string of the molecule is CNC(CCC1CCCCO1)Cc1c(F)ccc(Br)c1F. The number of halogens is 3. The van der Waals surface area contributed by atoms with Gasteiger partial charge in [-0.25, -0.2) is 8.78 Å². The maximum atomic E-state index is 14.0. The Morgan fingerprint density at radius 3 is 2.86 bits per heavy atom. The van der Waals surface area contributed by atoms with E-state index in [2.05, 4.69) is 21.2 Å². The summed E-state index contributed by atoms with van der Waals surface area (Å²) in [5, 5.41) is 3.16.